The van der Waals surface area contributed by atoms with E-state index in [4.69, 9.17) is 21.7 Å². The van der Waals surface area contributed by atoms with Gasteiger partial charge in [0.15, 0.2) is 0 Å². The number of carbonyl (C=O) groups excluding carboxylic acids is 5. The van der Waals surface area contributed by atoms with Gasteiger partial charge in [0.2, 0.25) is 29.5 Å². The molecule has 4 unspecified atom stereocenters. The van der Waals surface area contributed by atoms with Crippen molar-refractivity contribution < 1.29 is 34.2 Å². The van der Waals surface area contributed by atoms with Gasteiger partial charge in [-0.2, -0.15) is 0 Å². The van der Waals surface area contributed by atoms with Crippen molar-refractivity contribution in [2.45, 2.75) is 108 Å². The largest absolute Gasteiger partial charge is 0.387 e. The Morgan fingerprint density at radius 3 is 1.39 bits per heavy atom. The van der Waals surface area contributed by atoms with Crippen LogP contribution in [0, 0.1) is 0 Å². The van der Waals surface area contributed by atoms with Crippen LogP contribution in [0.4, 0.5) is 0 Å². The molecule has 0 rings (SSSR count). The highest BCUT2D eigenvalue weighted by Gasteiger charge is 2.28. The minimum Gasteiger partial charge on any atom is -0.387 e. The van der Waals surface area contributed by atoms with Gasteiger partial charge in [0.1, 0.15) is 25.3 Å². The molecule has 0 heterocycles. The summed E-state index contributed by atoms with van der Waals surface area (Å²) in [6.45, 7) is 2.44. The molecule has 0 aliphatic rings. The van der Waals surface area contributed by atoms with Crippen molar-refractivity contribution in [2.24, 2.45) is 11.5 Å². The van der Waals surface area contributed by atoms with Crippen LogP contribution < -0.4 is 43.4 Å². The van der Waals surface area contributed by atoms with Gasteiger partial charge in [0.25, 0.3) is 0 Å². The van der Waals surface area contributed by atoms with Crippen LogP contribution in [0.5, 0.6) is 0 Å². The van der Waals surface area contributed by atoms with E-state index in [2.05, 4.69) is 31.9 Å². The molecule has 0 aromatic rings. The molecule has 0 saturated carbocycles. The maximum atomic E-state index is 13.5. The van der Waals surface area contributed by atoms with Gasteiger partial charge in [-0.05, 0) is 97.7 Å². The summed E-state index contributed by atoms with van der Waals surface area (Å²) in [7, 11) is 1.65. The number of aliphatic hydroxyl groups excluding tert-OH is 2. The van der Waals surface area contributed by atoms with Crippen LogP contribution >= 0.6 is 0 Å². The quantitative estimate of drug-likeness (QED) is 0.0441. The molecular weight excluding hydrogens is 572 g/mol. The van der Waals surface area contributed by atoms with Gasteiger partial charge >= 0.3 is 0 Å². The fourth-order valence-electron chi connectivity index (χ4n) is 4.51. The highest BCUT2D eigenvalue weighted by atomic mass is 16.3. The van der Waals surface area contributed by atoms with E-state index in [1.807, 2.05) is 6.92 Å². The first-order chi connectivity index (χ1) is 21.1. The smallest absolute Gasteiger partial charge is 0.245 e. The van der Waals surface area contributed by atoms with Crippen molar-refractivity contribution in [2.75, 3.05) is 46.4 Å². The van der Waals surface area contributed by atoms with Crippen LogP contribution in [0.3, 0.4) is 0 Å². The molecule has 12 N–H and O–H groups in total. The zero-order valence-electron chi connectivity index (χ0n) is 26.6. The topological polar surface area (TPSA) is 250 Å². The molecule has 0 bridgehead atoms. The molecule has 15 nitrogen and oxygen atoms in total. The van der Waals surface area contributed by atoms with Crippen LogP contribution in [0.25, 0.3) is 0 Å². The van der Waals surface area contributed by atoms with Gasteiger partial charge < -0.3 is 53.6 Å². The van der Waals surface area contributed by atoms with E-state index in [0.29, 0.717) is 84.0 Å². The summed E-state index contributed by atoms with van der Waals surface area (Å²) >= 11 is 0. The fraction of sp³-hybridized carbons (Fsp3) is 0.828. The maximum Gasteiger partial charge on any atom is 0.245 e. The van der Waals surface area contributed by atoms with Crippen LogP contribution in [0.1, 0.15) is 84.0 Å². The summed E-state index contributed by atoms with van der Waals surface area (Å²) in [5.41, 5.74) is 11.2. The van der Waals surface area contributed by atoms with Gasteiger partial charge in [-0.25, -0.2) is 0 Å². The third-order valence-electron chi connectivity index (χ3n) is 7.13. The van der Waals surface area contributed by atoms with E-state index in [1.165, 1.54) is 0 Å². The molecule has 0 aliphatic heterocycles. The number of carbonyl (C=O) groups is 5. The number of likely N-dealkylation sites (N-methyl/N-ethyl adjacent to an activating group) is 1. The number of nitrogens with two attached hydrogens (primary N) is 2. The van der Waals surface area contributed by atoms with Crippen molar-refractivity contribution in [3.05, 3.63) is 0 Å². The van der Waals surface area contributed by atoms with Gasteiger partial charge in [0.05, 0.1) is 6.04 Å². The molecule has 0 aromatic heterocycles. The Morgan fingerprint density at radius 1 is 0.568 bits per heavy atom. The molecule has 15 heteroatoms. The summed E-state index contributed by atoms with van der Waals surface area (Å²) in [4.78, 5) is 62.3. The van der Waals surface area contributed by atoms with Gasteiger partial charge in [-0.3, -0.25) is 24.0 Å². The first-order valence-electron chi connectivity index (χ1n) is 15.9. The number of nitrogens with one attached hydrogen (secondary N) is 6. The second-order valence-corrected chi connectivity index (χ2v) is 10.9. The first-order valence-corrected chi connectivity index (χ1v) is 15.9. The third-order valence-corrected chi connectivity index (χ3v) is 7.13. The van der Waals surface area contributed by atoms with Crippen molar-refractivity contribution in [3.63, 3.8) is 0 Å². The Balaban J connectivity index is 5.40. The molecule has 0 aromatic carbocycles. The first kappa shape index (κ1) is 41.1. The Kier molecular flexibility index (Phi) is 24.8. The van der Waals surface area contributed by atoms with Gasteiger partial charge in [-0.1, -0.05) is 6.42 Å². The van der Waals surface area contributed by atoms with Gasteiger partial charge in [-0.15, -0.1) is 0 Å². The van der Waals surface area contributed by atoms with Gasteiger partial charge in [0, 0.05) is 19.1 Å². The minimum absolute atomic E-state index is 0.120. The van der Waals surface area contributed by atoms with Crippen LogP contribution in [0.15, 0.2) is 0 Å². The predicted molar refractivity (Wildman–Crippen MR) is 168 cm³/mol. The highest BCUT2D eigenvalue weighted by molar-refractivity contribution is 5.93. The molecule has 0 aliphatic carbocycles. The summed E-state index contributed by atoms with van der Waals surface area (Å²) in [6.07, 6.45) is 7.15. The number of unbranched alkanes of at least 4 members (excludes halogenated alkanes) is 4. The Morgan fingerprint density at radius 2 is 0.955 bits per heavy atom. The second kappa shape index (κ2) is 26.5. The SMILES string of the molecule is CNC(CCCCNC(=O)CO)C(=O)NC(CCCCN)C(=O)NC(CCCCNC(=O)CO)C(=O)NC(C)CCCCN. The second-order valence-electron chi connectivity index (χ2n) is 10.9. The molecule has 4 atom stereocenters. The van der Waals surface area contributed by atoms with E-state index in [0.717, 1.165) is 19.3 Å². The summed E-state index contributed by atoms with van der Waals surface area (Å²) < 4.78 is 0. The van der Waals surface area contributed by atoms with Crippen LogP contribution in [-0.4, -0.2) is 110 Å². The lowest BCUT2D eigenvalue weighted by Crippen LogP contribution is -2.56. The number of hydrogen-bond donors (Lipinski definition) is 10. The Labute approximate surface area is 261 Å². The van der Waals surface area contributed by atoms with Crippen molar-refractivity contribution in [3.8, 4) is 0 Å². The van der Waals surface area contributed by atoms with E-state index in [1.54, 1.807) is 7.05 Å². The lowest BCUT2D eigenvalue weighted by molar-refractivity contribution is -0.133. The summed E-state index contributed by atoms with van der Waals surface area (Å²) in [6, 6.07) is -2.42. The lowest BCUT2D eigenvalue weighted by atomic mass is 10.0. The Hall–Kier alpha value is -2.85. The number of amides is 5. The zero-order valence-corrected chi connectivity index (χ0v) is 26.6. The number of aliphatic hydroxyl groups is 2. The van der Waals surface area contributed by atoms with E-state index in [-0.39, 0.29) is 17.9 Å². The van der Waals surface area contributed by atoms with Crippen molar-refractivity contribution in [1.82, 2.24) is 31.9 Å². The molecular formula is C29H58N8O7. The lowest BCUT2D eigenvalue weighted by Gasteiger charge is -2.26. The average molecular weight is 631 g/mol. The van der Waals surface area contributed by atoms with Crippen LogP contribution in [-0.2, 0) is 24.0 Å². The average Bonchev–Trinajstić information content (AvgIpc) is 3.01. The third kappa shape index (κ3) is 20.2. The fourth-order valence-corrected chi connectivity index (χ4v) is 4.51. The zero-order chi connectivity index (χ0) is 33.2. The predicted octanol–water partition coefficient (Wildman–Crippen LogP) is -2.14. The van der Waals surface area contributed by atoms with Crippen molar-refractivity contribution in [1.29, 1.82) is 0 Å². The van der Waals surface area contributed by atoms with E-state index >= 15 is 0 Å². The Bertz CT molecular complexity index is 834. The number of hydrogen-bond acceptors (Lipinski definition) is 10. The molecule has 5 amide bonds. The number of rotatable bonds is 27. The van der Waals surface area contributed by atoms with Crippen molar-refractivity contribution >= 4 is 29.5 Å². The highest BCUT2D eigenvalue weighted by Crippen LogP contribution is 2.09. The maximum absolute atomic E-state index is 13.5. The van der Waals surface area contributed by atoms with E-state index < -0.39 is 49.1 Å². The van der Waals surface area contributed by atoms with Crippen LogP contribution in [0.2, 0.25) is 0 Å². The summed E-state index contributed by atoms with van der Waals surface area (Å²) in [5.74, 6) is -2.09. The molecule has 0 spiro atoms. The van der Waals surface area contributed by atoms with E-state index in [9.17, 15) is 24.0 Å². The molecule has 0 saturated heterocycles. The minimum atomic E-state index is -0.880. The summed E-state index contributed by atoms with van der Waals surface area (Å²) in [5, 5.41) is 34.4. The standard InChI is InChI=1S/C29H58N8O7/c1-21(11-3-7-15-30)35-28(43)23(14-6-10-18-34-26(41)20-39)37-29(44)24(13-4-8-16-31)36-27(42)22(32-2)12-5-9-17-33-25(40)19-38/h21-24,32,38-39H,3-20,30-31H2,1-2H3,(H,33,40)(H,34,41)(H,35,43)(H,36,42)(H,37,44). The molecule has 0 radical (unpaired) electrons. The normalized spacial score (nSPS) is 13.7. The monoisotopic (exact) mass is 630 g/mol. The molecule has 0 fully saturated rings. The molecule has 44 heavy (non-hydrogen) atoms. The molecule has 256 valence electrons.